The third-order valence-electron chi connectivity index (χ3n) is 16.5. The summed E-state index contributed by atoms with van der Waals surface area (Å²) >= 11 is 0. The van der Waals surface area contributed by atoms with Gasteiger partial charge < -0.3 is 18.9 Å². The molecule has 0 N–H and O–H groups in total. The zero-order valence-corrected chi connectivity index (χ0v) is 42.0. The van der Waals surface area contributed by atoms with Gasteiger partial charge in [0.15, 0.2) is 0 Å². The van der Waals surface area contributed by atoms with E-state index in [4.69, 9.17) is 0 Å². The molecule has 0 unspecified atom stereocenters. The third-order valence-corrected chi connectivity index (χ3v) is 16.5. The quantitative estimate of drug-likeness (QED) is 0.151. The van der Waals surface area contributed by atoms with Gasteiger partial charge in [-0.25, -0.2) is 0 Å². The van der Waals surface area contributed by atoms with Crippen LogP contribution in [0.4, 0.5) is 34.1 Å². The van der Waals surface area contributed by atoms with Gasteiger partial charge in [0.25, 0.3) is 0 Å². The molecule has 1 spiro atoms. The number of aromatic nitrogens is 2. The van der Waals surface area contributed by atoms with E-state index in [1.807, 2.05) is 0 Å². The smallest absolute Gasteiger partial charge is 0.0727 e. The molecule has 16 rings (SSSR count). The van der Waals surface area contributed by atoms with Crippen LogP contribution in [0.1, 0.15) is 22.3 Å². The van der Waals surface area contributed by atoms with Crippen LogP contribution in [-0.2, 0) is 5.41 Å². The molecule has 0 saturated heterocycles. The minimum absolute atomic E-state index is 0.620. The van der Waals surface area contributed by atoms with Gasteiger partial charge in [-0.1, -0.05) is 176 Å². The van der Waals surface area contributed by atoms with Crippen LogP contribution < -0.4 is 9.80 Å². The van der Waals surface area contributed by atoms with Gasteiger partial charge in [0, 0.05) is 67.0 Å². The molecule has 2 aliphatic carbocycles. The lowest BCUT2D eigenvalue weighted by atomic mass is 9.70. The van der Waals surface area contributed by atoms with Gasteiger partial charge >= 0.3 is 0 Å². The monoisotopic (exact) mass is 980 g/mol. The van der Waals surface area contributed by atoms with Gasteiger partial charge in [-0.05, 0) is 160 Å². The Morgan fingerprint density at radius 1 is 0.221 bits per heavy atom. The lowest BCUT2D eigenvalue weighted by Crippen LogP contribution is -2.26. The summed E-state index contributed by atoms with van der Waals surface area (Å²) in [7, 11) is 0. The Labute approximate surface area is 446 Å². The molecule has 4 nitrogen and oxygen atoms in total. The Morgan fingerprint density at radius 2 is 0.584 bits per heavy atom. The van der Waals surface area contributed by atoms with Crippen molar-refractivity contribution in [2.75, 3.05) is 9.80 Å². The van der Waals surface area contributed by atoms with Crippen LogP contribution >= 0.6 is 0 Å². The zero-order valence-electron chi connectivity index (χ0n) is 42.0. The molecule has 0 amide bonds. The van der Waals surface area contributed by atoms with Crippen molar-refractivity contribution >= 4 is 77.7 Å². The van der Waals surface area contributed by atoms with Gasteiger partial charge in [0.05, 0.1) is 27.5 Å². The summed E-state index contributed by atoms with van der Waals surface area (Å²) in [5, 5.41) is 4.90. The van der Waals surface area contributed by atoms with Crippen LogP contribution in [0.25, 0.3) is 77.2 Å². The molecule has 0 atom stereocenters. The van der Waals surface area contributed by atoms with E-state index < -0.39 is 5.41 Å². The van der Waals surface area contributed by atoms with Gasteiger partial charge in [0.2, 0.25) is 0 Å². The standard InChI is InChI=1S/C73H48N4/c1-5-21-49(22-6-1)74(53-40-44-71-64(45-53)62-32-16-20-36-70(62)76(71)51-25-9-3-10-26-51)54-37-41-59-60-42-38-55(47-68(60)73(67(59)46-54)65-33-17-13-29-57(65)58-30-14-18-34-66(58)73)75(50-23-7-2-8-24-50)56-39-43-63-61-31-15-19-35-69(61)77(72(63)48-56)52-27-11-4-12-28-52/h1-48H. The Hall–Kier alpha value is -10.2. The topological polar surface area (TPSA) is 16.3 Å². The minimum Gasteiger partial charge on any atom is -0.310 e. The number of para-hydroxylation sites is 6. The maximum Gasteiger partial charge on any atom is 0.0727 e. The Bertz CT molecular complexity index is 4580. The van der Waals surface area contributed by atoms with Gasteiger partial charge in [-0.3, -0.25) is 0 Å². The van der Waals surface area contributed by atoms with Gasteiger partial charge in [-0.15, -0.1) is 0 Å². The normalized spacial score (nSPS) is 12.8. The number of fused-ring (bicyclic) bond motifs is 16. The second-order valence-electron chi connectivity index (χ2n) is 20.4. The van der Waals surface area contributed by atoms with Crippen molar-refractivity contribution in [2.24, 2.45) is 0 Å². The molecule has 12 aromatic carbocycles. The van der Waals surface area contributed by atoms with Crippen LogP contribution in [0.5, 0.6) is 0 Å². The SMILES string of the molecule is c1ccc(N(c2ccc3c(c2)C2(c4ccccc4-c4ccccc42)c2cc(N(c4ccccc4)c4ccc5c6ccccc6n(-c6ccccc6)c5c4)ccc2-3)c2ccc3c(c2)c2ccccc2n3-c2ccccc2)cc1. The second kappa shape index (κ2) is 16.9. The predicted molar refractivity (Wildman–Crippen MR) is 321 cm³/mol. The number of rotatable bonds is 8. The van der Waals surface area contributed by atoms with Crippen molar-refractivity contribution < 1.29 is 0 Å². The van der Waals surface area contributed by atoms with Crippen LogP contribution in [0.15, 0.2) is 291 Å². The first-order chi connectivity index (χ1) is 38.2. The summed E-state index contributed by atoms with van der Waals surface area (Å²) in [6.07, 6.45) is 0. The van der Waals surface area contributed by atoms with Crippen molar-refractivity contribution in [3.8, 4) is 33.6 Å². The molecule has 2 heterocycles. The molecule has 0 saturated carbocycles. The summed E-state index contributed by atoms with van der Waals surface area (Å²) in [5.41, 5.74) is 23.2. The van der Waals surface area contributed by atoms with E-state index in [0.717, 1.165) is 51.0 Å². The molecular weight excluding hydrogens is 933 g/mol. The average molecular weight is 981 g/mol. The molecule has 0 radical (unpaired) electrons. The highest BCUT2D eigenvalue weighted by atomic mass is 15.2. The van der Waals surface area contributed by atoms with E-state index in [1.165, 1.54) is 82.6 Å². The minimum atomic E-state index is -0.620. The fourth-order valence-electron chi connectivity index (χ4n) is 13.4. The zero-order chi connectivity index (χ0) is 50.6. The van der Waals surface area contributed by atoms with Crippen LogP contribution in [-0.4, -0.2) is 9.13 Å². The molecule has 14 aromatic rings. The van der Waals surface area contributed by atoms with Crippen LogP contribution in [0.3, 0.4) is 0 Å². The van der Waals surface area contributed by atoms with Gasteiger partial charge in [0.1, 0.15) is 0 Å². The lowest BCUT2D eigenvalue weighted by Gasteiger charge is -2.33. The van der Waals surface area contributed by atoms with E-state index in [1.54, 1.807) is 0 Å². The molecule has 77 heavy (non-hydrogen) atoms. The number of nitrogens with zero attached hydrogens (tertiary/aromatic N) is 4. The van der Waals surface area contributed by atoms with E-state index >= 15 is 0 Å². The fraction of sp³-hybridized carbons (Fsp3) is 0.0137. The van der Waals surface area contributed by atoms with Crippen molar-refractivity contribution in [3.05, 3.63) is 313 Å². The molecule has 0 bridgehead atoms. The Balaban J connectivity index is 0.918. The molecule has 0 aliphatic heterocycles. The van der Waals surface area contributed by atoms with E-state index in [0.29, 0.717) is 0 Å². The summed E-state index contributed by atoms with van der Waals surface area (Å²) < 4.78 is 4.80. The number of hydrogen-bond acceptors (Lipinski definition) is 2. The second-order valence-corrected chi connectivity index (χ2v) is 20.4. The van der Waals surface area contributed by atoms with Crippen LogP contribution in [0.2, 0.25) is 0 Å². The van der Waals surface area contributed by atoms with E-state index in [9.17, 15) is 0 Å². The number of hydrogen-bond donors (Lipinski definition) is 0. The van der Waals surface area contributed by atoms with E-state index in [2.05, 4.69) is 310 Å². The molecule has 360 valence electrons. The summed E-state index contributed by atoms with van der Waals surface area (Å²) in [5.74, 6) is 0. The molecular formula is C73H48N4. The number of anilines is 6. The van der Waals surface area contributed by atoms with Crippen molar-refractivity contribution in [2.45, 2.75) is 5.41 Å². The van der Waals surface area contributed by atoms with Crippen LogP contribution in [0, 0.1) is 0 Å². The highest BCUT2D eigenvalue weighted by Crippen LogP contribution is 2.64. The van der Waals surface area contributed by atoms with Gasteiger partial charge in [-0.2, -0.15) is 0 Å². The van der Waals surface area contributed by atoms with Crippen molar-refractivity contribution in [1.82, 2.24) is 9.13 Å². The largest absolute Gasteiger partial charge is 0.310 e. The first-order valence-electron chi connectivity index (χ1n) is 26.6. The third kappa shape index (κ3) is 6.33. The van der Waals surface area contributed by atoms with E-state index in [-0.39, 0.29) is 0 Å². The molecule has 2 aromatic heterocycles. The summed E-state index contributed by atoms with van der Waals surface area (Å²) in [6, 6.07) is 107. The molecule has 2 aliphatic rings. The maximum atomic E-state index is 2.50. The Morgan fingerprint density at radius 3 is 1.13 bits per heavy atom. The first kappa shape index (κ1) is 43.3. The lowest BCUT2D eigenvalue weighted by molar-refractivity contribution is 0.793. The molecule has 0 fully saturated rings. The summed E-state index contributed by atoms with van der Waals surface area (Å²) in [4.78, 5) is 4.90. The first-order valence-corrected chi connectivity index (χ1v) is 26.6. The predicted octanol–water partition coefficient (Wildman–Crippen LogP) is 19.2. The summed E-state index contributed by atoms with van der Waals surface area (Å²) in [6.45, 7) is 0. The number of benzene rings is 12. The van der Waals surface area contributed by atoms with Crippen molar-refractivity contribution in [1.29, 1.82) is 0 Å². The maximum absolute atomic E-state index is 2.50. The molecule has 4 heteroatoms. The average Bonchev–Trinajstić information content (AvgIpc) is 4.25. The fourth-order valence-corrected chi connectivity index (χ4v) is 13.4. The highest BCUT2D eigenvalue weighted by molar-refractivity contribution is 6.12. The Kier molecular flexibility index (Phi) is 9.52. The highest BCUT2D eigenvalue weighted by Gasteiger charge is 2.52. The van der Waals surface area contributed by atoms with Crippen molar-refractivity contribution in [3.63, 3.8) is 0 Å².